The van der Waals surface area contributed by atoms with Crippen molar-refractivity contribution in [2.45, 2.75) is 25.4 Å². The zero-order chi connectivity index (χ0) is 24.6. The van der Waals surface area contributed by atoms with Crippen molar-refractivity contribution < 1.29 is 19.4 Å². The van der Waals surface area contributed by atoms with E-state index in [0.717, 1.165) is 5.69 Å². The molecule has 2 N–H and O–H groups in total. The first-order valence-corrected chi connectivity index (χ1v) is 12.0. The molecular formula is C23H21ClN6O4S. The van der Waals surface area contributed by atoms with Crippen LogP contribution in [0.15, 0.2) is 30.7 Å². The first-order valence-electron chi connectivity index (χ1n) is 10.8. The molecule has 1 aliphatic heterocycles. The van der Waals surface area contributed by atoms with E-state index < -0.39 is 11.5 Å². The number of methoxy groups -OCH3 is 1. The summed E-state index contributed by atoms with van der Waals surface area (Å²) in [5.74, 6) is 0.0610. The second-order valence-corrected chi connectivity index (χ2v) is 9.44. The van der Waals surface area contributed by atoms with Gasteiger partial charge in [0.1, 0.15) is 16.5 Å². The minimum absolute atomic E-state index is 0.270. The molecule has 0 spiro atoms. The number of hydrogen-bond donors (Lipinski definition) is 2. The van der Waals surface area contributed by atoms with Crippen LogP contribution in [-0.2, 0) is 10.3 Å². The van der Waals surface area contributed by atoms with Gasteiger partial charge in [-0.05, 0) is 19.1 Å². The van der Waals surface area contributed by atoms with Crippen LogP contribution >= 0.6 is 22.9 Å². The highest BCUT2D eigenvalue weighted by molar-refractivity contribution is 7.21. The number of rotatable bonds is 5. The molecule has 5 rings (SSSR count). The molecular weight excluding hydrogens is 492 g/mol. The van der Waals surface area contributed by atoms with Gasteiger partial charge in [-0.25, -0.2) is 15.0 Å². The number of amides is 1. The van der Waals surface area contributed by atoms with E-state index in [1.165, 1.54) is 37.0 Å². The molecule has 1 saturated heterocycles. The van der Waals surface area contributed by atoms with Crippen LogP contribution in [0.4, 0.5) is 5.13 Å². The van der Waals surface area contributed by atoms with Gasteiger partial charge in [-0.15, -0.1) is 0 Å². The molecule has 0 aliphatic carbocycles. The molecule has 4 aromatic heterocycles. The highest BCUT2D eigenvalue weighted by Gasteiger charge is 2.34. The monoisotopic (exact) mass is 512 g/mol. The quantitative estimate of drug-likeness (QED) is 0.383. The molecule has 10 nitrogen and oxygen atoms in total. The van der Waals surface area contributed by atoms with Gasteiger partial charge in [0.2, 0.25) is 0 Å². The van der Waals surface area contributed by atoms with Gasteiger partial charge >= 0.3 is 0 Å². The molecule has 0 bridgehead atoms. The molecule has 12 heteroatoms. The Morgan fingerprint density at radius 1 is 1.14 bits per heavy atom. The number of anilines is 1. The van der Waals surface area contributed by atoms with Gasteiger partial charge in [0, 0.05) is 49.1 Å². The normalized spacial score (nSPS) is 15.2. The number of aromatic nitrogens is 5. The molecule has 0 unspecified atom stereocenters. The molecule has 0 saturated carbocycles. The van der Waals surface area contributed by atoms with Gasteiger partial charge in [-0.1, -0.05) is 22.9 Å². The van der Waals surface area contributed by atoms with E-state index in [1.54, 1.807) is 12.1 Å². The van der Waals surface area contributed by atoms with E-state index in [-0.39, 0.29) is 5.15 Å². The Balaban J connectivity index is 1.46. The second kappa shape index (κ2) is 9.42. The Hall–Kier alpha value is -3.25. The molecule has 5 heterocycles. The van der Waals surface area contributed by atoms with Gasteiger partial charge < -0.3 is 14.6 Å². The van der Waals surface area contributed by atoms with Gasteiger partial charge in [0.05, 0.1) is 30.8 Å². The van der Waals surface area contributed by atoms with Gasteiger partial charge in [0.15, 0.2) is 15.6 Å². The van der Waals surface area contributed by atoms with E-state index in [0.29, 0.717) is 69.8 Å². The maximum absolute atomic E-state index is 13.3. The van der Waals surface area contributed by atoms with Crippen LogP contribution in [0.1, 0.15) is 34.6 Å². The lowest BCUT2D eigenvalue weighted by Gasteiger charge is -2.30. The molecule has 1 fully saturated rings. The SMILES string of the molecule is COc1cnc(Cl)cc1-c1cc(C)ncc1C(=O)Nc1nc2ncc(C3(O)CCOCC3)nc2s1. The summed E-state index contributed by atoms with van der Waals surface area (Å²) in [5.41, 5.74) is 2.02. The minimum Gasteiger partial charge on any atom is -0.494 e. The fraction of sp³-hybridized carbons (Fsp3) is 0.304. The molecule has 1 aliphatic rings. The smallest absolute Gasteiger partial charge is 0.259 e. The standard InChI is InChI=1S/C23H21ClN6O4S/c1-12-7-13(14-8-18(24)26-10-16(14)33-2)15(9-25-12)20(31)30-22-29-19-21(35-22)28-17(11-27-19)23(32)3-5-34-6-4-23/h7-11,32H,3-6H2,1-2H3,(H,27,29,30,31). The third-order valence-corrected chi connectivity index (χ3v) is 6.83. The summed E-state index contributed by atoms with van der Waals surface area (Å²) in [6, 6.07) is 3.42. The fourth-order valence-electron chi connectivity index (χ4n) is 3.88. The summed E-state index contributed by atoms with van der Waals surface area (Å²) in [4.78, 5) is 35.4. The van der Waals surface area contributed by atoms with Crippen molar-refractivity contribution >= 4 is 44.5 Å². The minimum atomic E-state index is -1.08. The Bertz CT molecular complexity index is 1420. The molecule has 0 radical (unpaired) electrons. The molecule has 35 heavy (non-hydrogen) atoms. The summed E-state index contributed by atoms with van der Waals surface area (Å²) in [5, 5.41) is 14.3. The second-order valence-electron chi connectivity index (χ2n) is 8.08. The number of ether oxygens (including phenoxy) is 2. The number of hydrogen-bond acceptors (Lipinski definition) is 10. The van der Waals surface area contributed by atoms with Gasteiger partial charge in [-0.3, -0.25) is 15.1 Å². The molecule has 4 aromatic rings. The van der Waals surface area contributed by atoms with Crippen molar-refractivity contribution in [2.75, 3.05) is 25.6 Å². The van der Waals surface area contributed by atoms with Crippen LogP contribution in [0, 0.1) is 6.92 Å². The Kier molecular flexibility index (Phi) is 6.32. The van der Waals surface area contributed by atoms with Crippen molar-refractivity contribution in [3.05, 3.63) is 52.8 Å². The number of halogens is 1. The molecule has 0 aromatic carbocycles. The number of carbonyl (C=O) groups is 1. The Labute approximate surface area is 209 Å². The van der Waals surface area contributed by atoms with E-state index >= 15 is 0 Å². The number of pyridine rings is 2. The van der Waals surface area contributed by atoms with Gasteiger partial charge in [-0.2, -0.15) is 4.98 Å². The van der Waals surface area contributed by atoms with Crippen molar-refractivity contribution in [3.63, 3.8) is 0 Å². The van der Waals surface area contributed by atoms with Crippen molar-refractivity contribution in [1.82, 2.24) is 24.9 Å². The number of aliphatic hydroxyl groups is 1. The predicted octanol–water partition coefficient (Wildman–Crippen LogP) is 3.76. The zero-order valence-electron chi connectivity index (χ0n) is 18.9. The average molecular weight is 513 g/mol. The van der Waals surface area contributed by atoms with Crippen LogP contribution in [0.25, 0.3) is 21.6 Å². The summed E-state index contributed by atoms with van der Waals surface area (Å²) >= 11 is 7.30. The van der Waals surface area contributed by atoms with E-state index in [2.05, 4.69) is 30.2 Å². The number of thiazole rings is 1. The fourth-order valence-corrected chi connectivity index (χ4v) is 4.83. The van der Waals surface area contributed by atoms with E-state index in [4.69, 9.17) is 21.1 Å². The number of nitrogens with one attached hydrogen (secondary N) is 1. The van der Waals surface area contributed by atoms with Crippen molar-refractivity contribution in [2.24, 2.45) is 0 Å². The first-order chi connectivity index (χ1) is 16.9. The third kappa shape index (κ3) is 4.67. The zero-order valence-corrected chi connectivity index (χ0v) is 20.5. The predicted molar refractivity (Wildman–Crippen MR) is 131 cm³/mol. The van der Waals surface area contributed by atoms with Crippen molar-refractivity contribution in [1.29, 1.82) is 0 Å². The maximum Gasteiger partial charge on any atom is 0.259 e. The van der Waals surface area contributed by atoms with Crippen LogP contribution < -0.4 is 10.1 Å². The topological polar surface area (TPSA) is 132 Å². The Morgan fingerprint density at radius 2 is 1.94 bits per heavy atom. The van der Waals surface area contributed by atoms with E-state index in [1.807, 2.05) is 6.92 Å². The average Bonchev–Trinajstić information content (AvgIpc) is 3.26. The lowest BCUT2D eigenvalue weighted by Crippen LogP contribution is -2.34. The highest BCUT2D eigenvalue weighted by Crippen LogP contribution is 2.35. The number of nitrogens with zero attached hydrogens (tertiary/aromatic N) is 5. The maximum atomic E-state index is 13.3. The van der Waals surface area contributed by atoms with Crippen LogP contribution in [0.2, 0.25) is 5.15 Å². The van der Waals surface area contributed by atoms with Gasteiger partial charge in [0.25, 0.3) is 5.91 Å². The summed E-state index contributed by atoms with van der Waals surface area (Å²) < 4.78 is 10.8. The van der Waals surface area contributed by atoms with Crippen molar-refractivity contribution in [3.8, 4) is 16.9 Å². The Morgan fingerprint density at radius 3 is 2.71 bits per heavy atom. The van der Waals surface area contributed by atoms with E-state index in [9.17, 15) is 9.90 Å². The molecule has 180 valence electrons. The lowest BCUT2D eigenvalue weighted by atomic mass is 9.91. The molecule has 0 atom stereocenters. The number of fused-ring (bicyclic) bond motifs is 1. The summed E-state index contributed by atoms with van der Waals surface area (Å²) in [7, 11) is 1.52. The number of aryl methyl sites for hydroxylation is 1. The highest BCUT2D eigenvalue weighted by atomic mass is 35.5. The van der Waals surface area contributed by atoms with Crippen LogP contribution in [0.5, 0.6) is 5.75 Å². The van der Waals surface area contributed by atoms with Crippen LogP contribution in [0.3, 0.4) is 0 Å². The summed E-state index contributed by atoms with van der Waals surface area (Å²) in [6.45, 7) is 2.75. The number of carbonyl (C=O) groups excluding carboxylic acids is 1. The lowest BCUT2D eigenvalue weighted by molar-refractivity contribution is -0.0705. The molecule has 1 amide bonds. The summed E-state index contributed by atoms with van der Waals surface area (Å²) in [6.07, 6.45) is 5.42. The first kappa shape index (κ1) is 23.5. The largest absolute Gasteiger partial charge is 0.494 e. The van der Waals surface area contributed by atoms with Crippen LogP contribution in [-0.4, -0.2) is 56.3 Å². The third-order valence-electron chi connectivity index (χ3n) is 5.77.